The van der Waals surface area contributed by atoms with Gasteiger partial charge in [0.05, 0.1) is 20.6 Å². The summed E-state index contributed by atoms with van der Waals surface area (Å²) in [5, 5.41) is 5.68. The van der Waals surface area contributed by atoms with Gasteiger partial charge >= 0.3 is 6.18 Å². The van der Waals surface area contributed by atoms with Gasteiger partial charge in [0.1, 0.15) is 5.25 Å². The van der Waals surface area contributed by atoms with Crippen molar-refractivity contribution in [3.8, 4) is 11.5 Å². The zero-order chi connectivity index (χ0) is 17.0. The predicted molar refractivity (Wildman–Crippen MR) is 78.0 cm³/mol. The van der Waals surface area contributed by atoms with Crippen LogP contribution in [0.25, 0.3) is 0 Å². The number of aromatic nitrogens is 2. The van der Waals surface area contributed by atoms with Gasteiger partial charge in [-0.1, -0.05) is 17.8 Å². The van der Waals surface area contributed by atoms with Gasteiger partial charge in [-0.3, -0.25) is 0 Å². The molecule has 0 saturated heterocycles. The summed E-state index contributed by atoms with van der Waals surface area (Å²) in [5.74, 6) is 1.36. The number of methoxy groups -OCH3 is 2. The highest BCUT2D eigenvalue weighted by atomic mass is 32.2. The SMILES string of the molecule is COc1ccc(Cc2nnc(S[C@@H](C)C(F)(F)F)o2)cc1OC. The molecule has 1 heterocycles. The maximum Gasteiger partial charge on any atom is 0.400 e. The Morgan fingerprint density at radius 1 is 1.17 bits per heavy atom. The van der Waals surface area contributed by atoms with Crippen LogP contribution in [0.5, 0.6) is 11.5 Å². The monoisotopic (exact) mass is 348 g/mol. The van der Waals surface area contributed by atoms with Gasteiger partial charge < -0.3 is 13.9 Å². The van der Waals surface area contributed by atoms with Crippen molar-refractivity contribution in [3.63, 3.8) is 0 Å². The largest absolute Gasteiger partial charge is 0.493 e. The van der Waals surface area contributed by atoms with Crippen molar-refractivity contribution in [1.82, 2.24) is 10.2 Å². The Morgan fingerprint density at radius 3 is 2.48 bits per heavy atom. The van der Waals surface area contributed by atoms with E-state index in [1.165, 1.54) is 14.2 Å². The lowest BCUT2D eigenvalue weighted by Crippen LogP contribution is -2.21. The van der Waals surface area contributed by atoms with E-state index in [9.17, 15) is 13.2 Å². The Balaban J connectivity index is 2.07. The fourth-order valence-electron chi connectivity index (χ4n) is 1.74. The summed E-state index contributed by atoms with van der Waals surface area (Å²) >= 11 is 0.486. The molecular formula is C14H15F3N2O3S. The summed E-state index contributed by atoms with van der Waals surface area (Å²) in [6.07, 6.45) is -4.03. The number of hydrogen-bond donors (Lipinski definition) is 0. The van der Waals surface area contributed by atoms with E-state index >= 15 is 0 Å². The summed E-state index contributed by atoms with van der Waals surface area (Å²) in [4.78, 5) is 0. The minimum atomic E-state index is -4.32. The number of nitrogens with zero attached hydrogens (tertiary/aromatic N) is 2. The lowest BCUT2D eigenvalue weighted by Gasteiger charge is -2.11. The first-order valence-corrected chi connectivity index (χ1v) is 7.48. The maximum atomic E-state index is 12.5. The smallest absolute Gasteiger partial charge is 0.400 e. The van der Waals surface area contributed by atoms with E-state index in [2.05, 4.69) is 10.2 Å². The Bertz CT molecular complexity index is 661. The summed E-state index contributed by atoms with van der Waals surface area (Å²) in [6, 6.07) is 5.26. The van der Waals surface area contributed by atoms with Crippen LogP contribution < -0.4 is 9.47 Å². The van der Waals surface area contributed by atoms with Crippen molar-refractivity contribution in [3.05, 3.63) is 29.7 Å². The third kappa shape index (κ3) is 4.54. The number of halogens is 3. The third-order valence-electron chi connectivity index (χ3n) is 2.99. The zero-order valence-electron chi connectivity index (χ0n) is 12.7. The van der Waals surface area contributed by atoms with Crippen LogP contribution in [0, 0.1) is 0 Å². The van der Waals surface area contributed by atoms with E-state index < -0.39 is 11.4 Å². The molecule has 126 valence electrons. The average molecular weight is 348 g/mol. The van der Waals surface area contributed by atoms with Crippen molar-refractivity contribution >= 4 is 11.8 Å². The van der Waals surface area contributed by atoms with Gasteiger partial charge in [0.25, 0.3) is 5.22 Å². The van der Waals surface area contributed by atoms with Crippen LogP contribution in [0.1, 0.15) is 18.4 Å². The minimum absolute atomic E-state index is 0.106. The number of alkyl halides is 3. The summed E-state index contributed by atoms with van der Waals surface area (Å²) < 4.78 is 53.1. The molecule has 0 spiro atoms. The van der Waals surface area contributed by atoms with Gasteiger partial charge in [-0.15, -0.1) is 10.2 Å². The van der Waals surface area contributed by atoms with Crippen molar-refractivity contribution in [2.45, 2.75) is 30.0 Å². The quantitative estimate of drug-likeness (QED) is 0.742. The Hall–Kier alpha value is -1.90. The van der Waals surface area contributed by atoms with E-state index in [0.717, 1.165) is 12.5 Å². The summed E-state index contributed by atoms with van der Waals surface area (Å²) in [7, 11) is 3.04. The van der Waals surface area contributed by atoms with Gasteiger partial charge in [-0.25, -0.2) is 0 Å². The van der Waals surface area contributed by atoms with E-state index in [1.54, 1.807) is 18.2 Å². The van der Waals surface area contributed by atoms with E-state index in [1.807, 2.05) is 0 Å². The molecule has 1 aromatic carbocycles. The molecule has 0 N–H and O–H groups in total. The molecule has 5 nitrogen and oxygen atoms in total. The fourth-order valence-corrected chi connectivity index (χ4v) is 2.41. The topological polar surface area (TPSA) is 57.4 Å². The van der Waals surface area contributed by atoms with E-state index in [4.69, 9.17) is 13.9 Å². The first-order valence-electron chi connectivity index (χ1n) is 6.60. The molecule has 0 aliphatic rings. The van der Waals surface area contributed by atoms with E-state index in [-0.39, 0.29) is 17.5 Å². The lowest BCUT2D eigenvalue weighted by molar-refractivity contribution is -0.125. The minimum Gasteiger partial charge on any atom is -0.493 e. The van der Waals surface area contributed by atoms with Crippen LogP contribution in [0.3, 0.4) is 0 Å². The lowest BCUT2D eigenvalue weighted by atomic mass is 10.1. The molecule has 0 amide bonds. The molecule has 0 fully saturated rings. The fraction of sp³-hybridized carbons (Fsp3) is 0.429. The number of rotatable bonds is 6. The Kier molecular flexibility index (Phi) is 5.40. The highest BCUT2D eigenvalue weighted by Crippen LogP contribution is 2.34. The van der Waals surface area contributed by atoms with Crippen LogP contribution >= 0.6 is 11.8 Å². The third-order valence-corrected chi connectivity index (χ3v) is 3.98. The highest BCUT2D eigenvalue weighted by molar-refractivity contribution is 7.99. The molecule has 0 aliphatic carbocycles. The normalized spacial score (nSPS) is 13.0. The summed E-state index contributed by atoms with van der Waals surface area (Å²) in [6.45, 7) is 1.04. The van der Waals surface area contributed by atoms with Crippen LogP contribution in [0.4, 0.5) is 13.2 Å². The molecule has 0 unspecified atom stereocenters. The second-order valence-corrected chi connectivity index (χ2v) is 5.92. The first-order chi connectivity index (χ1) is 10.8. The van der Waals surface area contributed by atoms with Crippen LogP contribution in [-0.4, -0.2) is 35.8 Å². The van der Waals surface area contributed by atoms with Crippen LogP contribution in [0.2, 0.25) is 0 Å². The average Bonchev–Trinajstić information content (AvgIpc) is 2.93. The van der Waals surface area contributed by atoms with Gasteiger partial charge in [-0.2, -0.15) is 13.2 Å². The van der Waals surface area contributed by atoms with Gasteiger partial charge in [0.2, 0.25) is 5.89 Å². The molecule has 2 rings (SSSR count). The molecule has 0 bridgehead atoms. The van der Waals surface area contributed by atoms with Gasteiger partial charge in [0, 0.05) is 0 Å². The zero-order valence-corrected chi connectivity index (χ0v) is 13.5. The van der Waals surface area contributed by atoms with Crippen molar-refractivity contribution < 1.29 is 27.1 Å². The molecular weight excluding hydrogens is 333 g/mol. The number of benzene rings is 1. The molecule has 2 aromatic rings. The van der Waals surface area contributed by atoms with Crippen molar-refractivity contribution in [1.29, 1.82) is 0 Å². The van der Waals surface area contributed by atoms with Crippen molar-refractivity contribution in [2.75, 3.05) is 14.2 Å². The Morgan fingerprint density at radius 2 is 1.87 bits per heavy atom. The van der Waals surface area contributed by atoms with Crippen molar-refractivity contribution in [2.24, 2.45) is 0 Å². The molecule has 1 atom stereocenters. The van der Waals surface area contributed by atoms with Crippen LogP contribution in [0.15, 0.2) is 27.8 Å². The van der Waals surface area contributed by atoms with Crippen LogP contribution in [-0.2, 0) is 6.42 Å². The second-order valence-electron chi connectivity index (χ2n) is 4.63. The molecule has 23 heavy (non-hydrogen) atoms. The number of thioether (sulfide) groups is 1. The Labute approximate surface area is 135 Å². The summed E-state index contributed by atoms with van der Waals surface area (Å²) in [5.41, 5.74) is 0.812. The molecule has 9 heteroatoms. The molecule has 0 radical (unpaired) electrons. The maximum absolute atomic E-state index is 12.5. The number of hydrogen-bond acceptors (Lipinski definition) is 6. The molecule has 0 saturated carbocycles. The molecule has 1 aromatic heterocycles. The first kappa shape index (κ1) is 17.5. The highest BCUT2D eigenvalue weighted by Gasteiger charge is 2.38. The van der Waals surface area contributed by atoms with Gasteiger partial charge in [-0.05, 0) is 24.6 Å². The predicted octanol–water partition coefficient (Wildman–Crippen LogP) is 3.72. The standard InChI is InChI=1S/C14H15F3N2O3S/c1-8(14(15,16)17)23-13-19-18-12(22-13)7-9-4-5-10(20-2)11(6-9)21-3/h4-6,8H,7H2,1-3H3/t8-/m0/s1. The van der Waals surface area contributed by atoms with Gasteiger partial charge in [0.15, 0.2) is 11.5 Å². The number of ether oxygens (including phenoxy) is 2. The second kappa shape index (κ2) is 7.12. The molecule has 0 aliphatic heterocycles. The van der Waals surface area contributed by atoms with E-state index in [0.29, 0.717) is 23.3 Å².